The predicted molar refractivity (Wildman–Crippen MR) is 146 cm³/mol. The number of ether oxygens (including phenoxy) is 2. The number of likely N-dealkylation sites (tertiary alicyclic amines) is 1. The molecule has 6 nitrogen and oxygen atoms in total. The maximum atomic E-state index is 14.1. The van der Waals surface area contributed by atoms with Gasteiger partial charge in [0.2, 0.25) is 0 Å². The highest BCUT2D eigenvalue weighted by molar-refractivity contribution is 5.97. The van der Waals surface area contributed by atoms with E-state index in [0.717, 1.165) is 49.8 Å². The number of halogens is 2. The van der Waals surface area contributed by atoms with E-state index < -0.39 is 17.2 Å². The Kier molecular flexibility index (Phi) is 8.82. The summed E-state index contributed by atoms with van der Waals surface area (Å²) >= 11 is 0. The van der Waals surface area contributed by atoms with Crippen LogP contribution in [0.5, 0.6) is 11.5 Å². The minimum atomic E-state index is -0.794. The van der Waals surface area contributed by atoms with Crippen molar-refractivity contribution in [2.24, 2.45) is 11.8 Å². The van der Waals surface area contributed by atoms with Gasteiger partial charge >= 0.3 is 6.09 Å². The third kappa shape index (κ3) is 7.28. The Bertz CT molecular complexity index is 1190. The fraction of sp³-hybridized carbons (Fsp3) is 0.548. The molecule has 8 heteroatoms. The molecule has 0 spiro atoms. The minimum absolute atomic E-state index is 0.0419. The van der Waals surface area contributed by atoms with E-state index >= 15 is 0 Å². The van der Waals surface area contributed by atoms with Gasteiger partial charge in [-0.25, -0.2) is 13.6 Å². The first kappa shape index (κ1) is 28.8. The molecule has 0 unspecified atom stereocenters. The fourth-order valence-electron chi connectivity index (χ4n) is 5.52. The molecule has 0 radical (unpaired) electrons. The van der Waals surface area contributed by atoms with Gasteiger partial charge in [-0.05, 0) is 94.5 Å². The van der Waals surface area contributed by atoms with E-state index in [2.05, 4.69) is 13.8 Å². The molecule has 0 aliphatic carbocycles. The fourth-order valence-corrected chi connectivity index (χ4v) is 5.52. The number of piperidine rings is 1. The van der Waals surface area contributed by atoms with Gasteiger partial charge in [0, 0.05) is 37.3 Å². The number of rotatable bonds is 7. The third-order valence-electron chi connectivity index (χ3n) is 7.62. The zero-order chi connectivity index (χ0) is 28.3. The van der Waals surface area contributed by atoms with Crippen molar-refractivity contribution < 1.29 is 27.8 Å². The molecule has 2 aromatic carbocycles. The molecule has 2 heterocycles. The summed E-state index contributed by atoms with van der Waals surface area (Å²) in [5.41, 5.74) is 1.01. The van der Waals surface area contributed by atoms with Crippen molar-refractivity contribution in [3.8, 4) is 11.5 Å². The standard InChI is InChI=1S/C31H40F2N2O4/c1-20(2)27(10-6-21-12-15-34(16-13-21)30(37)39-31(3,4)5)35-17-14-22-7-9-24(19-25(22)29(35)36)38-28-11-8-23(32)18-26(28)33/h7-9,11,18-21,27H,6,10,12-17H2,1-5H3/t27-/m0/s1. The molecule has 0 aromatic heterocycles. The van der Waals surface area contributed by atoms with Gasteiger partial charge in [-0.1, -0.05) is 19.9 Å². The Balaban J connectivity index is 1.38. The summed E-state index contributed by atoms with van der Waals surface area (Å²) in [7, 11) is 0. The maximum Gasteiger partial charge on any atom is 0.410 e. The van der Waals surface area contributed by atoms with Crippen molar-refractivity contribution in [1.29, 1.82) is 0 Å². The monoisotopic (exact) mass is 542 g/mol. The van der Waals surface area contributed by atoms with Crippen LogP contribution < -0.4 is 4.74 Å². The van der Waals surface area contributed by atoms with Gasteiger partial charge < -0.3 is 19.3 Å². The van der Waals surface area contributed by atoms with Crippen molar-refractivity contribution in [1.82, 2.24) is 9.80 Å². The summed E-state index contributed by atoms with van der Waals surface area (Å²) in [4.78, 5) is 29.8. The van der Waals surface area contributed by atoms with Crippen LogP contribution in [0.25, 0.3) is 0 Å². The average Bonchev–Trinajstić information content (AvgIpc) is 2.86. The third-order valence-corrected chi connectivity index (χ3v) is 7.62. The normalized spacial score (nSPS) is 17.3. The highest BCUT2D eigenvalue weighted by Crippen LogP contribution is 2.32. The van der Waals surface area contributed by atoms with Crippen LogP contribution in [0.15, 0.2) is 36.4 Å². The molecule has 2 amide bonds. The van der Waals surface area contributed by atoms with Gasteiger partial charge in [0.15, 0.2) is 11.6 Å². The van der Waals surface area contributed by atoms with Crippen LogP contribution in [-0.2, 0) is 11.2 Å². The predicted octanol–water partition coefficient (Wildman–Crippen LogP) is 7.21. The molecule has 2 aromatic rings. The highest BCUT2D eigenvalue weighted by atomic mass is 19.1. The van der Waals surface area contributed by atoms with Crippen molar-refractivity contribution in [3.05, 3.63) is 59.2 Å². The summed E-state index contributed by atoms with van der Waals surface area (Å²) < 4.78 is 38.5. The van der Waals surface area contributed by atoms with Crippen molar-refractivity contribution in [2.75, 3.05) is 19.6 Å². The quantitative estimate of drug-likeness (QED) is 0.371. The van der Waals surface area contributed by atoms with E-state index in [0.29, 0.717) is 36.9 Å². The lowest BCUT2D eigenvalue weighted by atomic mass is 9.86. The van der Waals surface area contributed by atoms with E-state index in [1.54, 1.807) is 17.0 Å². The number of amides is 2. The molecule has 0 bridgehead atoms. The zero-order valence-corrected chi connectivity index (χ0v) is 23.6. The van der Waals surface area contributed by atoms with Crippen LogP contribution in [0.1, 0.15) is 76.2 Å². The Morgan fingerprint density at radius 1 is 1.05 bits per heavy atom. The zero-order valence-electron chi connectivity index (χ0n) is 23.6. The Morgan fingerprint density at radius 2 is 1.77 bits per heavy atom. The Morgan fingerprint density at radius 3 is 2.41 bits per heavy atom. The number of hydrogen-bond acceptors (Lipinski definition) is 4. The molecular weight excluding hydrogens is 502 g/mol. The summed E-state index contributed by atoms with van der Waals surface area (Å²) in [6, 6.07) is 8.47. The molecule has 1 atom stereocenters. The second kappa shape index (κ2) is 11.9. The maximum absolute atomic E-state index is 14.1. The summed E-state index contributed by atoms with van der Waals surface area (Å²) in [6.45, 7) is 12.0. The largest absolute Gasteiger partial charge is 0.454 e. The number of hydrogen-bond donors (Lipinski definition) is 0. The molecule has 1 saturated heterocycles. The van der Waals surface area contributed by atoms with E-state index in [1.165, 1.54) is 6.07 Å². The van der Waals surface area contributed by atoms with Crippen LogP contribution in [0.4, 0.5) is 13.6 Å². The summed E-state index contributed by atoms with van der Waals surface area (Å²) in [5, 5.41) is 0. The Hall–Kier alpha value is -3.16. The lowest BCUT2D eigenvalue weighted by Crippen LogP contribution is -2.47. The molecule has 2 aliphatic rings. The lowest BCUT2D eigenvalue weighted by molar-refractivity contribution is 0.0174. The van der Waals surface area contributed by atoms with Gasteiger partial charge in [-0.3, -0.25) is 4.79 Å². The highest BCUT2D eigenvalue weighted by Gasteiger charge is 2.33. The van der Waals surface area contributed by atoms with Crippen LogP contribution in [0.3, 0.4) is 0 Å². The number of carbonyl (C=O) groups excluding carboxylic acids is 2. The SMILES string of the molecule is CC(C)[C@H](CCC1CCN(C(=O)OC(C)(C)C)CC1)N1CCc2ccc(Oc3ccc(F)cc3F)cc2C1=O. The molecule has 4 rings (SSSR count). The molecule has 0 N–H and O–H groups in total. The van der Waals surface area contributed by atoms with Gasteiger partial charge in [-0.2, -0.15) is 0 Å². The molecule has 1 fully saturated rings. The first-order valence-electron chi connectivity index (χ1n) is 14.0. The van der Waals surface area contributed by atoms with Gasteiger partial charge in [0.25, 0.3) is 5.91 Å². The van der Waals surface area contributed by atoms with Crippen molar-refractivity contribution in [3.63, 3.8) is 0 Å². The lowest BCUT2D eigenvalue weighted by Gasteiger charge is -2.39. The molecule has 212 valence electrons. The topological polar surface area (TPSA) is 59.1 Å². The van der Waals surface area contributed by atoms with Gasteiger partial charge in [-0.15, -0.1) is 0 Å². The smallest absolute Gasteiger partial charge is 0.410 e. The van der Waals surface area contributed by atoms with Crippen molar-refractivity contribution in [2.45, 2.75) is 78.4 Å². The second-order valence-corrected chi connectivity index (χ2v) is 12.0. The van der Waals surface area contributed by atoms with Gasteiger partial charge in [0.05, 0.1) is 0 Å². The van der Waals surface area contributed by atoms with E-state index in [9.17, 15) is 18.4 Å². The van der Waals surface area contributed by atoms with E-state index in [4.69, 9.17) is 9.47 Å². The number of fused-ring (bicyclic) bond motifs is 1. The van der Waals surface area contributed by atoms with Gasteiger partial charge in [0.1, 0.15) is 17.2 Å². The number of carbonyl (C=O) groups is 2. The molecular formula is C31H40F2N2O4. The van der Waals surface area contributed by atoms with Crippen LogP contribution >= 0.6 is 0 Å². The number of nitrogens with zero attached hydrogens (tertiary/aromatic N) is 2. The molecule has 0 saturated carbocycles. The van der Waals surface area contributed by atoms with E-state index in [-0.39, 0.29) is 29.7 Å². The first-order chi connectivity index (χ1) is 18.4. The van der Waals surface area contributed by atoms with Crippen molar-refractivity contribution >= 4 is 12.0 Å². The summed E-state index contributed by atoms with van der Waals surface area (Å²) in [5.74, 6) is -0.476. The van der Waals surface area contributed by atoms with Crippen LogP contribution in [-0.4, -0.2) is 53.1 Å². The molecule has 2 aliphatic heterocycles. The average molecular weight is 543 g/mol. The molecule has 39 heavy (non-hydrogen) atoms. The second-order valence-electron chi connectivity index (χ2n) is 12.0. The van der Waals surface area contributed by atoms with Crippen LogP contribution in [0, 0.1) is 23.5 Å². The number of benzene rings is 2. The Labute approximate surface area is 230 Å². The first-order valence-corrected chi connectivity index (χ1v) is 14.0. The summed E-state index contributed by atoms with van der Waals surface area (Å²) in [6.07, 6.45) is 4.25. The minimum Gasteiger partial charge on any atom is -0.454 e. The van der Waals surface area contributed by atoms with Crippen LogP contribution in [0.2, 0.25) is 0 Å². The van der Waals surface area contributed by atoms with E-state index in [1.807, 2.05) is 31.7 Å².